The second kappa shape index (κ2) is 3.22. The normalized spacial score (nSPS) is 9.40. The van der Waals surface area contributed by atoms with Crippen LogP contribution in [0.25, 0.3) is 0 Å². The monoisotopic (exact) mass is 135 g/mol. The molecule has 1 rings (SSSR count). The van der Waals surface area contributed by atoms with E-state index in [1.807, 2.05) is 24.3 Å². The van der Waals surface area contributed by atoms with Gasteiger partial charge in [-0.15, -0.1) is 5.73 Å². The molecule has 0 aliphatic heterocycles. The fourth-order valence-corrected chi connectivity index (χ4v) is 0.834. The van der Waals surface area contributed by atoms with Crippen LogP contribution in [0.1, 0.15) is 5.56 Å². The number of ether oxygens (including phenoxy) is 1. The van der Waals surface area contributed by atoms with Crippen molar-refractivity contribution in [1.29, 1.82) is 0 Å². The first-order valence-corrected chi connectivity index (χ1v) is 3.11. The van der Waals surface area contributed by atoms with Crippen LogP contribution >= 0.6 is 0 Å². The van der Waals surface area contributed by atoms with Gasteiger partial charge in [0.25, 0.3) is 0 Å². The maximum Gasteiger partial charge on any atom is 0.123 e. The van der Waals surface area contributed by atoms with E-state index < -0.39 is 0 Å². The summed E-state index contributed by atoms with van der Waals surface area (Å²) >= 11 is 0. The van der Waals surface area contributed by atoms with Crippen molar-refractivity contribution in [2.45, 2.75) is 6.54 Å². The summed E-state index contributed by atoms with van der Waals surface area (Å²) in [6.45, 7) is 0.0318. The van der Waals surface area contributed by atoms with Gasteiger partial charge in [0.2, 0.25) is 0 Å². The second-order valence-electron chi connectivity index (χ2n) is 1.97. The lowest BCUT2D eigenvalue weighted by atomic mass is 10.2. The van der Waals surface area contributed by atoms with Crippen molar-refractivity contribution in [2.75, 3.05) is 7.11 Å². The summed E-state index contributed by atoms with van der Waals surface area (Å²) in [7, 11) is 1.59. The van der Waals surface area contributed by atoms with Crippen molar-refractivity contribution >= 4 is 0 Å². The zero-order valence-electron chi connectivity index (χ0n) is 5.87. The van der Waals surface area contributed by atoms with Crippen molar-refractivity contribution in [3.05, 3.63) is 29.8 Å². The van der Waals surface area contributed by atoms with Crippen LogP contribution in [0.5, 0.6) is 5.75 Å². The molecule has 2 heteroatoms. The fourth-order valence-electron chi connectivity index (χ4n) is 0.834. The van der Waals surface area contributed by atoms with Crippen LogP contribution in [0.4, 0.5) is 0 Å². The number of rotatable bonds is 2. The summed E-state index contributed by atoms with van der Waals surface area (Å²) in [4.78, 5) is 0. The van der Waals surface area contributed by atoms with E-state index in [9.17, 15) is 0 Å². The Morgan fingerprint density at radius 3 is 2.60 bits per heavy atom. The smallest absolute Gasteiger partial charge is 0.123 e. The van der Waals surface area contributed by atoms with Gasteiger partial charge in [-0.3, -0.25) is 0 Å². The first-order valence-electron chi connectivity index (χ1n) is 3.11. The molecule has 0 spiro atoms. The SMILES string of the molecule is COc1ccccc1C[N]. The summed E-state index contributed by atoms with van der Waals surface area (Å²) < 4.78 is 4.98. The largest absolute Gasteiger partial charge is 0.496 e. The van der Waals surface area contributed by atoms with Crippen LogP contribution in [0.3, 0.4) is 0 Å². The highest BCUT2D eigenvalue weighted by molar-refractivity contribution is 5.32. The fraction of sp³-hybridized carbons (Fsp3) is 0.250. The van der Waals surface area contributed by atoms with Gasteiger partial charge in [0.15, 0.2) is 0 Å². The molecule has 0 N–H and O–H groups in total. The highest BCUT2D eigenvalue weighted by Gasteiger charge is 1.96. The minimum atomic E-state index is 0.0318. The molecule has 1 aromatic carbocycles. The Bertz CT molecular complexity index is 187. The number of nitrogens with zero attached hydrogens (tertiary/aromatic N) is 1. The molecule has 0 unspecified atom stereocenters. The molecule has 10 heavy (non-hydrogen) atoms. The van der Waals surface area contributed by atoms with Crippen LogP contribution in [-0.2, 0) is 6.54 Å². The predicted molar refractivity (Wildman–Crippen MR) is 38.8 cm³/mol. The number of hydrogen-bond acceptors (Lipinski definition) is 1. The lowest BCUT2D eigenvalue weighted by Crippen LogP contribution is -1.90. The Labute approximate surface area is 60.6 Å². The number of hydrogen-bond donors (Lipinski definition) is 0. The third kappa shape index (κ3) is 1.28. The molecule has 0 aromatic heterocycles. The van der Waals surface area contributed by atoms with Gasteiger partial charge in [-0.25, -0.2) is 0 Å². The minimum Gasteiger partial charge on any atom is -0.496 e. The number of benzene rings is 1. The first kappa shape index (κ1) is 7.09. The minimum absolute atomic E-state index is 0.0318. The molecule has 0 fully saturated rings. The molecule has 0 aliphatic carbocycles. The molecule has 0 bridgehead atoms. The van der Waals surface area contributed by atoms with E-state index in [1.165, 1.54) is 0 Å². The van der Waals surface area contributed by atoms with Gasteiger partial charge in [-0.05, 0) is 6.07 Å². The maximum atomic E-state index is 8.77. The third-order valence-electron chi connectivity index (χ3n) is 1.36. The van der Waals surface area contributed by atoms with Crippen LogP contribution in [-0.4, -0.2) is 7.11 Å². The van der Waals surface area contributed by atoms with E-state index in [0.717, 1.165) is 11.3 Å². The van der Waals surface area contributed by atoms with Crippen molar-refractivity contribution in [1.82, 2.24) is 5.73 Å². The molecule has 0 saturated carbocycles. The molecular weight excluding hydrogens is 126 g/mol. The van der Waals surface area contributed by atoms with Crippen LogP contribution < -0.4 is 10.5 Å². The van der Waals surface area contributed by atoms with Gasteiger partial charge in [0, 0.05) is 5.56 Å². The van der Waals surface area contributed by atoms with Crippen LogP contribution in [0.15, 0.2) is 24.3 Å². The van der Waals surface area contributed by atoms with E-state index in [-0.39, 0.29) is 6.54 Å². The van der Waals surface area contributed by atoms with Gasteiger partial charge >= 0.3 is 0 Å². The van der Waals surface area contributed by atoms with Crippen molar-refractivity contribution in [3.63, 3.8) is 0 Å². The Morgan fingerprint density at radius 1 is 1.40 bits per heavy atom. The average molecular weight is 135 g/mol. The van der Waals surface area contributed by atoms with Gasteiger partial charge < -0.3 is 4.74 Å². The Balaban J connectivity index is 2.96. The highest BCUT2D eigenvalue weighted by Crippen LogP contribution is 2.15. The lowest BCUT2D eigenvalue weighted by molar-refractivity contribution is 0.409. The molecule has 0 heterocycles. The molecule has 0 aliphatic rings. The molecule has 1 aromatic rings. The van der Waals surface area contributed by atoms with E-state index in [4.69, 9.17) is 10.5 Å². The molecular formula is C8H9NO. The van der Waals surface area contributed by atoms with Crippen LogP contribution in [0.2, 0.25) is 0 Å². The average Bonchev–Trinajstić information content (AvgIpc) is 2.04. The summed E-state index contributed by atoms with van der Waals surface area (Å²) in [5, 5.41) is 0. The molecule has 0 atom stereocenters. The second-order valence-corrected chi connectivity index (χ2v) is 1.97. The Morgan fingerprint density at radius 2 is 2.10 bits per heavy atom. The molecule has 2 nitrogen and oxygen atoms in total. The number of para-hydroxylation sites is 1. The summed E-state index contributed by atoms with van der Waals surface area (Å²) in [5.74, 6) is 0.741. The third-order valence-corrected chi connectivity index (χ3v) is 1.36. The highest BCUT2D eigenvalue weighted by atomic mass is 16.5. The Hall–Kier alpha value is -1.02. The van der Waals surface area contributed by atoms with Gasteiger partial charge in [-0.2, -0.15) is 0 Å². The zero-order valence-corrected chi connectivity index (χ0v) is 5.87. The first-order chi connectivity index (χ1) is 4.88. The topological polar surface area (TPSA) is 31.5 Å². The number of methoxy groups -OCH3 is 1. The van der Waals surface area contributed by atoms with Gasteiger partial charge in [0.1, 0.15) is 5.75 Å². The van der Waals surface area contributed by atoms with Crippen molar-refractivity contribution in [3.8, 4) is 5.75 Å². The maximum absolute atomic E-state index is 8.77. The van der Waals surface area contributed by atoms with Crippen LogP contribution in [0, 0.1) is 0 Å². The standard InChI is InChI=1S/C8H9NO/c1-10-8-5-3-2-4-7(8)6-9/h2-5H,6H2,1H3. The zero-order chi connectivity index (χ0) is 7.40. The van der Waals surface area contributed by atoms with E-state index >= 15 is 0 Å². The molecule has 0 amide bonds. The van der Waals surface area contributed by atoms with E-state index in [1.54, 1.807) is 7.11 Å². The molecule has 0 saturated heterocycles. The quantitative estimate of drug-likeness (QED) is 0.600. The summed E-state index contributed by atoms with van der Waals surface area (Å²) in [6.07, 6.45) is 0. The molecule has 2 radical (unpaired) electrons. The van der Waals surface area contributed by atoms with Crippen molar-refractivity contribution in [2.24, 2.45) is 0 Å². The summed E-state index contributed by atoms with van der Waals surface area (Å²) in [6, 6.07) is 7.40. The summed E-state index contributed by atoms with van der Waals surface area (Å²) in [5.41, 5.74) is 9.59. The predicted octanol–water partition coefficient (Wildman–Crippen LogP) is 1.26. The van der Waals surface area contributed by atoms with E-state index in [0.29, 0.717) is 0 Å². The van der Waals surface area contributed by atoms with E-state index in [2.05, 4.69) is 0 Å². The van der Waals surface area contributed by atoms with Gasteiger partial charge in [-0.1, -0.05) is 18.2 Å². The lowest BCUT2D eigenvalue weighted by Gasteiger charge is -2.02. The van der Waals surface area contributed by atoms with Gasteiger partial charge in [0.05, 0.1) is 13.7 Å². The van der Waals surface area contributed by atoms with Crippen molar-refractivity contribution < 1.29 is 4.74 Å². The molecule has 52 valence electrons. The Kier molecular flexibility index (Phi) is 2.29.